The van der Waals surface area contributed by atoms with Crippen LogP contribution >= 0.6 is 0 Å². The van der Waals surface area contributed by atoms with Gasteiger partial charge in [-0.05, 0) is 55.2 Å². The maximum Gasteiger partial charge on any atom is 0.193 e. The zero-order chi connectivity index (χ0) is 19.4. The molecule has 0 bridgehead atoms. The van der Waals surface area contributed by atoms with E-state index in [4.69, 9.17) is 9.47 Å². The molecule has 3 aliphatic rings. The summed E-state index contributed by atoms with van der Waals surface area (Å²) in [4.78, 5) is 7.15. The Morgan fingerprint density at radius 3 is 2.36 bits per heavy atom. The molecule has 1 aromatic carbocycles. The molecule has 154 valence electrons. The lowest BCUT2D eigenvalue weighted by atomic mass is 9.74. The first-order valence-corrected chi connectivity index (χ1v) is 10.9. The molecule has 3 fully saturated rings. The first-order valence-electron chi connectivity index (χ1n) is 10.9. The average Bonchev–Trinajstić information content (AvgIpc) is 3.19. The Bertz CT molecular complexity index is 653. The van der Waals surface area contributed by atoms with Crippen molar-refractivity contribution in [3.05, 3.63) is 29.8 Å². The van der Waals surface area contributed by atoms with E-state index in [-0.39, 0.29) is 5.41 Å². The second kappa shape index (κ2) is 8.73. The fourth-order valence-corrected chi connectivity index (χ4v) is 5.43. The molecule has 1 saturated carbocycles. The Labute approximate surface area is 169 Å². The molecule has 0 radical (unpaired) electrons. The molecule has 2 atom stereocenters. The number of fused-ring (bicyclic) bond motifs is 1. The van der Waals surface area contributed by atoms with Gasteiger partial charge in [0.25, 0.3) is 0 Å². The van der Waals surface area contributed by atoms with Crippen LogP contribution < -0.4 is 10.1 Å². The van der Waals surface area contributed by atoms with Gasteiger partial charge in [0.1, 0.15) is 5.75 Å². The Balaban J connectivity index is 1.46. The van der Waals surface area contributed by atoms with Crippen LogP contribution in [0.4, 0.5) is 0 Å². The topological polar surface area (TPSA) is 46.1 Å². The molecule has 5 heteroatoms. The van der Waals surface area contributed by atoms with Gasteiger partial charge in [-0.2, -0.15) is 0 Å². The summed E-state index contributed by atoms with van der Waals surface area (Å²) in [5, 5.41) is 3.75. The van der Waals surface area contributed by atoms with E-state index in [0.717, 1.165) is 56.1 Å². The minimum absolute atomic E-state index is 0.0902. The highest BCUT2D eigenvalue weighted by atomic mass is 16.5. The Morgan fingerprint density at radius 2 is 1.79 bits per heavy atom. The summed E-state index contributed by atoms with van der Waals surface area (Å²) in [5.41, 5.74) is 1.46. The van der Waals surface area contributed by atoms with E-state index in [2.05, 4.69) is 39.5 Å². The van der Waals surface area contributed by atoms with Crippen molar-refractivity contribution in [1.82, 2.24) is 10.2 Å². The van der Waals surface area contributed by atoms with Gasteiger partial charge in [0.2, 0.25) is 0 Å². The number of hydrogen-bond acceptors (Lipinski definition) is 3. The lowest BCUT2D eigenvalue weighted by Crippen LogP contribution is -2.49. The molecule has 1 aliphatic carbocycles. The van der Waals surface area contributed by atoms with Crippen molar-refractivity contribution in [1.29, 1.82) is 0 Å². The summed E-state index contributed by atoms with van der Waals surface area (Å²) in [6.07, 6.45) is 7.67. The van der Waals surface area contributed by atoms with Crippen LogP contribution in [-0.2, 0) is 10.2 Å². The van der Waals surface area contributed by atoms with Crippen LogP contribution in [0.1, 0.15) is 44.1 Å². The molecule has 0 aromatic heterocycles. The molecule has 1 aromatic rings. The summed E-state index contributed by atoms with van der Waals surface area (Å²) in [7, 11) is 3.65. The third-order valence-electron chi connectivity index (χ3n) is 7.22. The first-order chi connectivity index (χ1) is 13.7. The molecule has 2 aliphatic heterocycles. The van der Waals surface area contributed by atoms with Crippen LogP contribution in [-0.4, -0.2) is 57.9 Å². The van der Waals surface area contributed by atoms with Crippen molar-refractivity contribution in [2.45, 2.75) is 43.9 Å². The van der Waals surface area contributed by atoms with E-state index >= 15 is 0 Å². The van der Waals surface area contributed by atoms with Gasteiger partial charge in [0.15, 0.2) is 5.96 Å². The number of rotatable bonds is 4. The average molecular weight is 386 g/mol. The number of hydrogen-bond donors (Lipinski definition) is 1. The highest BCUT2D eigenvalue weighted by Gasteiger charge is 2.38. The van der Waals surface area contributed by atoms with Crippen molar-refractivity contribution in [2.75, 3.05) is 47.0 Å². The number of nitrogens with one attached hydrogen (secondary N) is 1. The normalized spacial score (nSPS) is 27.4. The minimum Gasteiger partial charge on any atom is -0.497 e. The van der Waals surface area contributed by atoms with Crippen molar-refractivity contribution >= 4 is 5.96 Å². The van der Waals surface area contributed by atoms with E-state index in [1.54, 1.807) is 7.11 Å². The fourth-order valence-electron chi connectivity index (χ4n) is 5.43. The third-order valence-corrected chi connectivity index (χ3v) is 7.22. The van der Waals surface area contributed by atoms with Gasteiger partial charge < -0.3 is 19.7 Å². The van der Waals surface area contributed by atoms with Crippen LogP contribution in [0.15, 0.2) is 29.3 Å². The van der Waals surface area contributed by atoms with Gasteiger partial charge >= 0.3 is 0 Å². The molecule has 5 nitrogen and oxygen atoms in total. The minimum atomic E-state index is 0.0902. The maximum atomic E-state index is 5.70. The zero-order valence-corrected chi connectivity index (χ0v) is 17.5. The fraction of sp³-hybridized carbons (Fsp3) is 0.696. The van der Waals surface area contributed by atoms with Gasteiger partial charge in [-0.3, -0.25) is 4.99 Å². The van der Waals surface area contributed by atoms with E-state index in [1.807, 2.05) is 7.05 Å². The van der Waals surface area contributed by atoms with Crippen molar-refractivity contribution in [3.63, 3.8) is 0 Å². The molecule has 28 heavy (non-hydrogen) atoms. The third kappa shape index (κ3) is 4.00. The van der Waals surface area contributed by atoms with Crippen LogP contribution in [0.3, 0.4) is 0 Å². The molecule has 4 rings (SSSR count). The number of likely N-dealkylation sites (tertiary alicyclic amines) is 1. The molecular weight excluding hydrogens is 350 g/mol. The lowest BCUT2D eigenvalue weighted by molar-refractivity contribution is 0.0512. The van der Waals surface area contributed by atoms with Crippen molar-refractivity contribution in [2.24, 2.45) is 16.8 Å². The van der Waals surface area contributed by atoms with Gasteiger partial charge in [-0.25, -0.2) is 0 Å². The lowest BCUT2D eigenvalue weighted by Gasteiger charge is -2.39. The molecule has 2 heterocycles. The standard InChI is InChI=1S/C23H35N3O2/c1-24-22(26-15-18-5-3-4-6-19(18)16-26)25-17-23(11-13-28-14-12-23)20-7-9-21(27-2)10-8-20/h7-10,18-19H,3-6,11-17H2,1-2H3,(H,24,25). The highest BCUT2D eigenvalue weighted by molar-refractivity contribution is 5.80. The van der Waals surface area contributed by atoms with E-state index in [0.29, 0.717) is 0 Å². The largest absolute Gasteiger partial charge is 0.497 e. The smallest absolute Gasteiger partial charge is 0.193 e. The summed E-state index contributed by atoms with van der Waals surface area (Å²) < 4.78 is 11.0. The summed E-state index contributed by atoms with van der Waals surface area (Å²) >= 11 is 0. The van der Waals surface area contributed by atoms with Crippen molar-refractivity contribution in [3.8, 4) is 5.75 Å². The number of guanidine groups is 1. The first kappa shape index (κ1) is 19.6. The second-order valence-corrected chi connectivity index (χ2v) is 8.73. The van der Waals surface area contributed by atoms with E-state index < -0.39 is 0 Å². The van der Waals surface area contributed by atoms with Crippen LogP contribution in [0.25, 0.3) is 0 Å². The van der Waals surface area contributed by atoms with E-state index in [9.17, 15) is 0 Å². The number of aliphatic imine (C=N–C) groups is 1. The van der Waals surface area contributed by atoms with Crippen LogP contribution in [0, 0.1) is 11.8 Å². The van der Waals surface area contributed by atoms with Crippen LogP contribution in [0.2, 0.25) is 0 Å². The van der Waals surface area contributed by atoms with Gasteiger partial charge in [-0.1, -0.05) is 25.0 Å². The van der Waals surface area contributed by atoms with Crippen LogP contribution in [0.5, 0.6) is 5.75 Å². The molecule has 2 saturated heterocycles. The summed E-state index contributed by atoms with van der Waals surface area (Å²) in [5.74, 6) is 3.72. The summed E-state index contributed by atoms with van der Waals surface area (Å²) in [6, 6.07) is 8.59. The zero-order valence-electron chi connectivity index (χ0n) is 17.5. The highest BCUT2D eigenvalue weighted by Crippen LogP contribution is 2.37. The number of methoxy groups -OCH3 is 1. The van der Waals surface area contributed by atoms with Gasteiger partial charge in [0, 0.05) is 45.3 Å². The SMILES string of the molecule is CN=C(NCC1(c2ccc(OC)cc2)CCOCC1)N1CC2CCCCC2C1. The number of ether oxygens (including phenoxy) is 2. The quantitative estimate of drug-likeness (QED) is 0.637. The molecule has 1 N–H and O–H groups in total. The van der Waals surface area contributed by atoms with Crippen molar-refractivity contribution < 1.29 is 9.47 Å². The predicted octanol–water partition coefficient (Wildman–Crippen LogP) is 3.44. The van der Waals surface area contributed by atoms with Gasteiger partial charge in [-0.15, -0.1) is 0 Å². The Kier molecular flexibility index (Phi) is 6.10. The number of benzene rings is 1. The summed E-state index contributed by atoms with van der Waals surface area (Å²) in [6.45, 7) is 4.88. The molecule has 0 spiro atoms. The molecular formula is C23H35N3O2. The molecule has 0 amide bonds. The number of nitrogens with zero attached hydrogens (tertiary/aromatic N) is 2. The monoisotopic (exact) mass is 385 g/mol. The Hall–Kier alpha value is -1.75. The van der Waals surface area contributed by atoms with Gasteiger partial charge in [0.05, 0.1) is 7.11 Å². The predicted molar refractivity (Wildman–Crippen MR) is 113 cm³/mol. The Morgan fingerprint density at radius 1 is 1.14 bits per heavy atom. The second-order valence-electron chi connectivity index (χ2n) is 8.73. The van der Waals surface area contributed by atoms with E-state index in [1.165, 1.54) is 44.3 Å². The maximum absolute atomic E-state index is 5.70. The molecule has 2 unspecified atom stereocenters.